The van der Waals surface area contributed by atoms with Crippen LogP contribution in [-0.2, 0) is 22.7 Å². The van der Waals surface area contributed by atoms with Crippen molar-refractivity contribution in [3.63, 3.8) is 0 Å². The molecule has 9 heteroatoms. The lowest BCUT2D eigenvalue weighted by Gasteiger charge is -2.19. The molecule has 0 aromatic heterocycles. The van der Waals surface area contributed by atoms with Crippen molar-refractivity contribution < 1.29 is 26.3 Å². The lowest BCUT2D eigenvalue weighted by atomic mass is 10.2. The summed E-state index contributed by atoms with van der Waals surface area (Å²) in [5.74, 6) is 0.613. The van der Waals surface area contributed by atoms with Crippen molar-refractivity contribution >= 4 is 21.6 Å². The summed E-state index contributed by atoms with van der Waals surface area (Å²) in [6, 6.07) is 9.21. The first-order valence-electron chi connectivity index (χ1n) is 7.01. The zero-order valence-electron chi connectivity index (χ0n) is 13.3. The van der Waals surface area contributed by atoms with Crippen LogP contribution in [0.3, 0.4) is 0 Å². The summed E-state index contributed by atoms with van der Waals surface area (Å²) < 4.78 is 69.9. The van der Waals surface area contributed by atoms with Crippen molar-refractivity contribution in [2.24, 2.45) is 0 Å². The maximum absolute atomic E-state index is 12.9. The second-order valence-electron chi connectivity index (χ2n) is 5.25. The zero-order valence-corrected chi connectivity index (χ0v) is 14.9. The van der Waals surface area contributed by atoms with E-state index in [2.05, 4.69) is 0 Å². The van der Waals surface area contributed by atoms with Gasteiger partial charge in [-0.05, 0) is 35.9 Å². The molecule has 0 amide bonds. The summed E-state index contributed by atoms with van der Waals surface area (Å²) in [5.41, 5.74) is -0.523. The SMILES string of the molecule is COc1ccc(CN(C)S(=O)(=O)c2ccc(Cl)c(C(F)(F)F)c2)cc1. The van der Waals surface area contributed by atoms with Crippen molar-refractivity contribution in [2.45, 2.75) is 17.6 Å². The Hall–Kier alpha value is -1.77. The Bertz CT molecular complexity index is 852. The second-order valence-corrected chi connectivity index (χ2v) is 7.70. The molecular formula is C16H15ClF3NO3S. The molecule has 0 bridgehead atoms. The molecule has 2 aromatic carbocycles. The van der Waals surface area contributed by atoms with Gasteiger partial charge in [-0.15, -0.1) is 0 Å². The monoisotopic (exact) mass is 393 g/mol. The number of sulfonamides is 1. The van der Waals surface area contributed by atoms with E-state index < -0.39 is 31.7 Å². The van der Waals surface area contributed by atoms with Crippen LogP contribution in [0.2, 0.25) is 5.02 Å². The molecule has 0 aliphatic carbocycles. The smallest absolute Gasteiger partial charge is 0.417 e. The van der Waals surface area contributed by atoms with Crippen LogP contribution in [0.4, 0.5) is 13.2 Å². The van der Waals surface area contributed by atoms with E-state index in [-0.39, 0.29) is 6.54 Å². The average molecular weight is 394 g/mol. The number of methoxy groups -OCH3 is 1. The number of benzene rings is 2. The summed E-state index contributed by atoms with van der Waals surface area (Å²) in [6.07, 6.45) is -4.74. The van der Waals surface area contributed by atoms with Gasteiger partial charge in [-0.1, -0.05) is 23.7 Å². The van der Waals surface area contributed by atoms with Crippen molar-refractivity contribution in [3.8, 4) is 5.75 Å². The van der Waals surface area contributed by atoms with E-state index in [9.17, 15) is 21.6 Å². The predicted octanol–water partition coefficient (Wildman–Crippen LogP) is 4.19. The summed E-state index contributed by atoms with van der Waals surface area (Å²) in [6.45, 7) is -0.00367. The fourth-order valence-corrected chi connectivity index (χ4v) is 3.55. The van der Waals surface area contributed by atoms with E-state index in [0.717, 1.165) is 16.4 Å². The Morgan fingerprint density at radius 3 is 2.24 bits per heavy atom. The van der Waals surface area contributed by atoms with Gasteiger partial charge in [0.25, 0.3) is 0 Å². The van der Waals surface area contributed by atoms with Gasteiger partial charge in [0.05, 0.1) is 22.6 Å². The first-order chi connectivity index (χ1) is 11.6. The maximum atomic E-state index is 12.9. The van der Waals surface area contributed by atoms with Gasteiger partial charge in [-0.3, -0.25) is 0 Å². The molecule has 0 saturated carbocycles. The number of rotatable bonds is 5. The molecule has 0 saturated heterocycles. The molecule has 2 rings (SSSR count). The van der Waals surface area contributed by atoms with Crippen LogP contribution in [0.5, 0.6) is 5.75 Å². The third-order valence-corrected chi connectivity index (χ3v) is 5.64. The number of hydrogen-bond donors (Lipinski definition) is 0. The summed E-state index contributed by atoms with van der Waals surface area (Å²) in [5, 5.41) is -0.552. The van der Waals surface area contributed by atoms with Crippen LogP contribution >= 0.6 is 11.6 Å². The molecule has 0 aliphatic rings. The molecule has 0 radical (unpaired) electrons. The van der Waals surface area contributed by atoms with Crippen LogP contribution in [0.1, 0.15) is 11.1 Å². The molecule has 4 nitrogen and oxygen atoms in total. The highest BCUT2D eigenvalue weighted by Crippen LogP contribution is 2.36. The number of hydrogen-bond acceptors (Lipinski definition) is 3. The van der Waals surface area contributed by atoms with E-state index in [1.165, 1.54) is 14.2 Å². The largest absolute Gasteiger partial charge is 0.497 e. The first-order valence-corrected chi connectivity index (χ1v) is 8.83. The number of halogens is 4. The Balaban J connectivity index is 2.30. The van der Waals surface area contributed by atoms with Gasteiger partial charge in [0.2, 0.25) is 10.0 Å². The van der Waals surface area contributed by atoms with Gasteiger partial charge in [-0.2, -0.15) is 17.5 Å². The van der Waals surface area contributed by atoms with Gasteiger partial charge in [0.15, 0.2) is 0 Å². The average Bonchev–Trinajstić information content (AvgIpc) is 2.54. The lowest BCUT2D eigenvalue weighted by molar-refractivity contribution is -0.137. The van der Waals surface area contributed by atoms with E-state index in [0.29, 0.717) is 17.4 Å². The minimum Gasteiger partial charge on any atom is -0.497 e. The molecule has 0 fully saturated rings. The molecule has 0 unspecified atom stereocenters. The van der Waals surface area contributed by atoms with Crippen molar-refractivity contribution in [1.29, 1.82) is 0 Å². The van der Waals surface area contributed by atoms with Crippen LogP contribution in [0.15, 0.2) is 47.4 Å². The Morgan fingerprint density at radius 1 is 1.12 bits per heavy atom. The van der Waals surface area contributed by atoms with Gasteiger partial charge in [-0.25, -0.2) is 8.42 Å². The van der Waals surface area contributed by atoms with Crippen molar-refractivity contribution in [1.82, 2.24) is 4.31 Å². The molecule has 136 valence electrons. The summed E-state index contributed by atoms with van der Waals surface area (Å²) in [7, 11) is -1.31. The van der Waals surface area contributed by atoms with E-state index in [4.69, 9.17) is 16.3 Å². The summed E-state index contributed by atoms with van der Waals surface area (Å²) in [4.78, 5) is -0.472. The first kappa shape index (κ1) is 19.6. The van der Waals surface area contributed by atoms with Crippen LogP contribution in [0.25, 0.3) is 0 Å². The third kappa shape index (κ3) is 4.45. The highest BCUT2D eigenvalue weighted by atomic mass is 35.5. The van der Waals surface area contributed by atoms with Gasteiger partial charge >= 0.3 is 6.18 Å². The zero-order chi connectivity index (χ0) is 18.8. The van der Waals surface area contributed by atoms with Crippen LogP contribution in [0, 0.1) is 0 Å². The van der Waals surface area contributed by atoms with Crippen molar-refractivity contribution in [3.05, 3.63) is 58.6 Å². The van der Waals surface area contributed by atoms with Gasteiger partial charge in [0.1, 0.15) is 5.75 Å². The Labute approximate surface area is 148 Å². The van der Waals surface area contributed by atoms with Crippen molar-refractivity contribution in [2.75, 3.05) is 14.2 Å². The standard InChI is InChI=1S/C16H15ClF3NO3S/c1-21(10-11-3-5-12(24-2)6-4-11)25(22,23)13-7-8-15(17)14(9-13)16(18,19)20/h3-9H,10H2,1-2H3. The fraction of sp³-hybridized carbons (Fsp3) is 0.250. The van der Waals surface area contributed by atoms with Crippen LogP contribution < -0.4 is 4.74 Å². The lowest BCUT2D eigenvalue weighted by Crippen LogP contribution is -2.26. The molecular weight excluding hydrogens is 379 g/mol. The maximum Gasteiger partial charge on any atom is 0.417 e. The van der Waals surface area contributed by atoms with E-state index in [1.807, 2.05) is 0 Å². The molecule has 0 heterocycles. The molecule has 2 aromatic rings. The highest BCUT2D eigenvalue weighted by molar-refractivity contribution is 7.89. The van der Waals surface area contributed by atoms with E-state index >= 15 is 0 Å². The Kier molecular flexibility index (Phi) is 5.65. The normalized spacial score (nSPS) is 12.4. The molecule has 25 heavy (non-hydrogen) atoms. The molecule has 0 aliphatic heterocycles. The number of ether oxygens (including phenoxy) is 1. The highest BCUT2D eigenvalue weighted by Gasteiger charge is 2.35. The van der Waals surface area contributed by atoms with E-state index in [1.54, 1.807) is 24.3 Å². The van der Waals surface area contributed by atoms with Gasteiger partial charge in [0, 0.05) is 13.6 Å². The molecule has 0 atom stereocenters. The molecule has 0 spiro atoms. The number of nitrogens with zero attached hydrogens (tertiary/aromatic N) is 1. The number of alkyl halides is 3. The fourth-order valence-electron chi connectivity index (χ4n) is 2.14. The topological polar surface area (TPSA) is 46.6 Å². The quantitative estimate of drug-likeness (QED) is 0.765. The predicted molar refractivity (Wildman–Crippen MR) is 88.1 cm³/mol. The Morgan fingerprint density at radius 2 is 1.72 bits per heavy atom. The third-order valence-electron chi connectivity index (χ3n) is 3.52. The van der Waals surface area contributed by atoms with Crippen LogP contribution in [-0.4, -0.2) is 26.9 Å². The minimum absolute atomic E-state index is 0.00367. The second kappa shape index (κ2) is 7.23. The summed E-state index contributed by atoms with van der Waals surface area (Å²) >= 11 is 5.53. The molecule has 0 N–H and O–H groups in total. The minimum atomic E-state index is -4.74. The van der Waals surface area contributed by atoms with Gasteiger partial charge < -0.3 is 4.74 Å².